The number of nitrogens with one attached hydrogen (secondary N) is 1. The standard InChI is InChI=1S/C14H19FN3OP/c1-9-7-11-12(16-8-9)14(15,20)18(13(11)19)17-10-5-3-2-4-6-10/h7-8,10,17H,2-6,20H2,1H3. The van der Waals surface area contributed by atoms with Crippen molar-refractivity contribution in [2.75, 3.05) is 0 Å². The number of amides is 1. The molecule has 1 N–H and O–H groups in total. The smallest absolute Gasteiger partial charge is 0.267 e. The van der Waals surface area contributed by atoms with Gasteiger partial charge in [-0.1, -0.05) is 28.5 Å². The van der Waals surface area contributed by atoms with Crippen molar-refractivity contribution in [1.82, 2.24) is 15.4 Å². The normalized spacial score (nSPS) is 26.9. The van der Waals surface area contributed by atoms with Gasteiger partial charge in [0, 0.05) is 12.2 Å². The second-order valence-electron chi connectivity index (χ2n) is 5.69. The lowest BCUT2D eigenvalue weighted by Gasteiger charge is -2.33. The molecular formula is C14H19FN3OP. The average Bonchev–Trinajstić information content (AvgIpc) is 2.61. The summed E-state index contributed by atoms with van der Waals surface area (Å²) < 4.78 is 14.9. The number of hydrazine groups is 1. The van der Waals surface area contributed by atoms with E-state index in [-0.39, 0.29) is 17.6 Å². The van der Waals surface area contributed by atoms with Crippen LogP contribution in [0.2, 0.25) is 0 Å². The third kappa shape index (κ3) is 2.23. The van der Waals surface area contributed by atoms with Gasteiger partial charge in [0.15, 0.2) is 0 Å². The molecule has 3 rings (SSSR count). The van der Waals surface area contributed by atoms with E-state index in [1.807, 2.05) is 6.92 Å². The zero-order valence-corrected chi connectivity index (χ0v) is 12.7. The van der Waals surface area contributed by atoms with Crippen LogP contribution >= 0.6 is 9.24 Å². The summed E-state index contributed by atoms with van der Waals surface area (Å²) in [5.41, 5.74) is 2.50. The van der Waals surface area contributed by atoms with Crippen LogP contribution in [0, 0.1) is 6.92 Å². The van der Waals surface area contributed by atoms with Gasteiger partial charge in [0.05, 0.1) is 5.56 Å². The van der Waals surface area contributed by atoms with E-state index in [9.17, 15) is 9.18 Å². The number of hydrogen-bond acceptors (Lipinski definition) is 3. The highest BCUT2D eigenvalue weighted by atomic mass is 31.0. The Balaban J connectivity index is 1.88. The molecule has 0 radical (unpaired) electrons. The van der Waals surface area contributed by atoms with Gasteiger partial charge in [-0.15, -0.1) is 0 Å². The first-order valence-electron chi connectivity index (χ1n) is 7.06. The summed E-state index contributed by atoms with van der Waals surface area (Å²) >= 11 is 0. The molecule has 1 aromatic heterocycles. The van der Waals surface area contributed by atoms with Crippen molar-refractivity contribution < 1.29 is 9.18 Å². The van der Waals surface area contributed by atoms with Crippen LogP contribution in [0.5, 0.6) is 0 Å². The maximum absolute atomic E-state index is 14.9. The maximum Gasteiger partial charge on any atom is 0.273 e. The molecule has 0 saturated heterocycles. The van der Waals surface area contributed by atoms with Gasteiger partial charge >= 0.3 is 0 Å². The van der Waals surface area contributed by atoms with E-state index in [4.69, 9.17) is 0 Å². The van der Waals surface area contributed by atoms with Gasteiger partial charge in [-0.3, -0.25) is 9.78 Å². The van der Waals surface area contributed by atoms with Crippen LogP contribution in [0.1, 0.15) is 53.7 Å². The zero-order valence-electron chi connectivity index (χ0n) is 11.5. The van der Waals surface area contributed by atoms with Gasteiger partial charge < -0.3 is 0 Å². The van der Waals surface area contributed by atoms with Crippen molar-refractivity contribution in [2.24, 2.45) is 0 Å². The first-order valence-corrected chi connectivity index (χ1v) is 7.63. The van der Waals surface area contributed by atoms with Crippen molar-refractivity contribution in [2.45, 2.75) is 50.6 Å². The summed E-state index contributed by atoms with van der Waals surface area (Å²) in [4.78, 5) is 16.5. The fourth-order valence-corrected chi connectivity index (χ4v) is 3.37. The second kappa shape index (κ2) is 5.05. The SMILES string of the molecule is Cc1cnc2c(c1)C(=O)N(NC1CCCCC1)C2(F)P. The number of hydrogen-bond donors (Lipinski definition) is 1. The molecule has 2 aliphatic rings. The van der Waals surface area contributed by atoms with Crippen molar-refractivity contribution >= 4 is 15.1 Å². The summed E-state index contributed by atoms with van der Waals surface area (Å²) in [6, 6.07) is 1.87. The second-order valence-corrected chi connectivity index (χ2v) is 6.45. The van der Waals surface area contributed by atoms with Crippen molar-refractivity contribution in [1.29, 1.82) is 0 Å². The predicted molar refractivity (Wildman–Crippen MR) is 77.6 cm³/mol. The van der Waals surface area contributed by atoms with Gasteiger partial charge in [-0.2, -0.15) is 0 Å². The third-order valence-electron chi connectivity index (χ3n) is 4.03. The molecule has 1 aliphatic carbocycles. The van der Waals surface area contributed by atoms with Crippen LogP contribution in [-0.2, 0) is 5.53 Å². The molecule has 1 saturated carbocycles. The monoisotopic (exact) mass is 295 g/mol. The van der Waals surface area contributed by atoms with E-state index in [2.05, 4.69) is 19.6 Å². The Kier molecular flexibility index (Phi) is 3.51. The number of halogens is 1. The number of nitrogens with zero attached hydrogens (tertiary/aromatic N) is 2. The largest absolute Gasteiger partial charge is 0.273 e. The molecule has 0 spiro atoms. The Morgan fingerprint density at radius 1 is 1.45 bits per heavy atom. The fraction of sp³-hybridized carbons (Fsp3) is 0.571. The minimum atomic E-state index is -1.96. The third-order valence-corrected chi connectivity index (χ3v) is 4.56. The fourth-order valence-electron chi connectivity index (χ4n) is 2.95. The lowest BCUT2D eigenvalue weighted by Crippen LogP contribution is -2.51. The van der Waals surface area contributed by atoms with E-state index in [1.165, 1.54) is 6.42 Å². The molecule has 6 heteroatoms. The molecule has 1 fully saturated rings. The Morgan fingerprint density at radius 2 is 2.15 bits per heavy atom. The number of carbonyl (C=O) groups is 1. The molecule has 2 atom stereocenters. The molecular weight excluding hydrogens is 276 g/mol. The number of pyridine rings is 1. The van der Waals surface area contributed by atoms with Crippen molar-refractivity contribution in [3.05, 3.63) is 29.1 Å². The number of alkyl halides is 1. The highest BCUT2D eigenvalue weighted by Crippen LogP contribution is 2.43. The highest BCUT2D eigenvalue weighted by Gasteiger charge is 2.49. The van der Waals surface area contributed by atoms with Gasteiger partial charge in [0.2, 0.25) is 0 Å². The summed E-state index contributed by atoms with van der Waals surface area (Å²) in [6.07, 6.45) is 7.02. The first kappa shape index (κ1) is 13.9. The number of carbonyl (C=O) groups excluding carboxylic acids is 1. The van der Waals surface area contributed by atoms with E-state index < -0.39 is 5.53 Å². The molecule has 108 valence electrons. The predicted octanol–water partition coefficient (Wildman–Crippen LogP) is 2.64. The Bertz CT molecular complexity index is 543. The Morgan fingerprint density at radius 3 is 2.85 bits per heavy atom. The van der Waals surface area contributed by atoms with Gasteiger partial charge in [0.25, 0.3) is 11.4 Å². The van der Waals surface area contributed by atoms with E-state index in [0.717, 1.165) is 36.3 Å². The summed E-state index contributed by atoms with van der Waals surface area (Å²) in [5.74, 6) is -0.334. The van der Waals surface area contributed by atoms with Crippen LogP contribution < -0.4 is 5.43 Å². The number of aromatic nitrogens is 1. The lowest BCUT2D eigenvalue weighted by atomic mass is 9.96. The summed E-state index contributed by atoms with van der Waals surface area (Å²) in [5, 5.41) is 1.10. The molecule has 20 heavy (non-hydrogen) atoms. The summed E-state index contributed by atoms with van der Waals surface area (Å²) in [7, 11) is 2.12. The average molecular weight is 295 g/mol. The topological polar surface area (TPSA) is 45.2 Å². The molecule has 0 bridgehead atoms. The van der Waals surface area contributed by atoms with Crippen molar-refractivity contribution in [3.63, 3.8) is 0 Å². The lowest BCUT2D eigenvalue weighted by molar-refractivity contribution is 0.00335. The number of aryl methyl sites for hydroxylation is 1. The minimum Gasteiger partial charge on any atom is -0.267 e. The number of rotatable bonds is 2. The quantitative estimate of drug-likeness (QED) is 0.674. The molecule has 1 amide bonds. The van der Waals surface area contributed by atoms with Crippen LogP contribution in [0.25, 0.3) is 0 Å². The Labute approximate surface area is 120 Å². The van der Waals surface area contributed by atoms with Crippen molar-refractivity contribution in [3.8, 4) is 0 Å². The molecule has 0 aromatic carbocycles. The van der Waals surface area contributed by atoms with Crippen LogP contribution in [0.15, 0.2) is 12.3 Å². The van der Waals surface area contributed by atoms with Crippen LogP contribution in [-0.4, -0.2) is 21.9 Å². The number of fused-ring (bicyclic) bond motifs is 1. The highest BCUT2D eigenvalue weighted by molar-refractivity contribution is 7.18. The minimum absolute atomic E-state index is 0.166. The van der Waals surface area contributed by atoms with E-state index in [1.54, 1.807) is 12.3 Å². The molecule has 2 unspecified atom stereocenters. The maximum atomic E-state index is 14.9. The van der Waals surface area contributed by atoms with Gasteiger partial charge in [-0.25, -0.2) is 14.8 Å². The first-order chi connectivity index (χ1) is 9.50. The van der Waals surface area contributed by atoms with Crippen LogP contribution in [0.3, 0.4) is 0 Å². The molecule has 2 heterocycles. The molecule has 1 aliphatic heterocycles. The molecule has 1 aromatic rings. The van der Waals surface area contributed by atoms with E-state index >= 15 is 0 Å². The van der Waals surface area contributed by atoms with Gasteiger partial charge in [-0.05, 0) is 31.4 Å². The summed E-state index contributed by atoms with van der Waals surface area (Å²) in [6.45, 7) is 1.85. The molecule has 4 nitrogen and oxygen atoms in total. The van der Waals surface area contributed by atoms with E-state index in [0.29, 0.717) is 5.56 Å². The Hall–Kier alpha value is -1.06. The van der Waals surface area contributed by atoms with Crippen LogP contribution in [0.4, 0.5) is 4.39 Å². The van der Waals surface area contributed by atoms with Gasteiger partial charge in [0.1, 0.15) is 5.69 Å². The zero-order chi connectivity index (χ0) is 14.3.